The third-order valence-corrected chi connectivity index (χ3v) is 5.09. The molecular formula is C21H20FN3O2S. The number of carbonyl (C=O) groups is 2. The molecule has 3 rings (SSSR count). The molecule has 0 radical (unpaired) electrons. The van der Waals surface area contributed by atoms with Gasteiger partial charge < -0.3 is 10.6 Å². The van der Waals surface area contributed by atoms with Gasteiger partial charge in [0.25, 0.3) is 0 Å². The zero-order chi connectivity index (χ0) is 20.1. The molecule has 2 amide bonds. The van der Waals surface area contributed by atoms with Crippen LogP contribution in [0.5, 0.6) is 0 Å². The van der Waals surface area contributed by atoms with E-state index in [1.165, 1.54) is 23.5 Å². The molecule has 0 saturated heterocycles. The predicted molar refractivity (Wildman–Crippen MR) is 109 cm³/mol. The minimum atomic E-state index is -0.697. The first kappa shape index (κ1) is 19.7. The molecule has 2 aromatic carbocycles. The van der Waals surface area contributed by atoms with Crippen molar-refractivity contribution in [3.8, 4) is 10.6 Å². The quantitative estimate of drug-likeness (QED) is 0.642. The molecule has 0 aliphatic heterocycles. The molecule has 0 spiro atoms. The molecule has 3 aromatic rings. The van der Waals surface area contributed by atoms with Crippen molar-refractivity contribution in [2.45, 2.75) is 20.3 Å². The van der Waals surface area contributed by atoms with Gasteiger partial charge in [0.1, 0.15) is 10.8 Å². The number of nitrogens with zero attached hydrogens (tertiary/aromatic N) is 1. The van der Waals surface area contributed by atoms with Crippen LogP contribution in [0.1, 0.15) is 16.8 Å². The lowest BCUT2D eigenvalue weighted by Gasteiger charge is -2.09. The first-order valence-corrected chi connectivity index (χ1v) is 9.67. The summed E-state index contributed by atoms with van der Waals surface area (Å²) in [6, 6.07) is 11.7. The van der Waals surface area contributed by atoms with Crippen LogP contribution in [0.25, 0.3) is 10.6 Å². The zero-order valence-corrected chi connectivity index (χ0v) is 16.4. The van der Waals surface area contributed by atoms with Crippen LogP contribution in [0.4, 0.5) is 10.1 Å². The number of thiazole rings is 1. The summed E-state index contributed by atoms with van der Waals surface area (Å²) < 4.78 is 13.0. The molecule has 28 heavy (non-hydrogen) atoms. The third-order valence-electron chi connectivity index (χ3n) is 4.15. The Hall–Kier alpha value is -3.06. The number of halogens is 1. The lowest BCUT2D eigenvalue weighted by atomic mass is 10.1. The van der Waals surface area contributed by atoms with Crippen molar-refractivity contribution in [1.29, 1.82) is 0 Å². The summed E-state index contributed by atoms with van der Waals surface area (Å²) in [4.78, 5) is 28.5. The Balaban J connectivity index is 1.50. The summed E-state index contributed by atoms with van der Waals surface area (Å²) in [5.74, 6) is -1.67. The molecule has 0 aliphatic carbocycles. The van der Waals surface area contributed by atoms with E-state index < -0.39 is 11.8 Å². The van der Waals surface area contributed by atoms with E-state index in [-0.39, 0.29) is 5.82 Å². The van der Waals surface area contributed by atoms with Crippen LogP contribution in [0.15, 0.2) is 47.8 Å². The normalized spacial score (nSPS) is 10.5. The maximum Gasteiger partial charge on any atom is 0.313 e. The molecular weight excluding hydrogens is 377 g/mol. The number of benzene rings is 2. The van der Waals surface area contributed by atoms with Crippen molar-refractivity contribution < 1.29 is 14.0 Å². The number of hydrogen-bond acceptors (Lipinski definition) is 4. The van der Waals surface area contributed by atoms with Gasteiger partial charge in [-0.2, -0.15) is 0 Å². The highest BCUT2D eigenvalue weighted by molar-refractivity contribution is 7.13. The number of aromatic nitrogens is 1. The van der Waals surface area contributed by atoms with Crippen molar-refractivity contribution in [2.24, 2.45) is 0 Å². The molecule has 1 aromatic heterocycles. The number of anilines is 1. The Bertz CT molecular complexity index is 999. The second-order valence-corrected chi connectivity index (χ2v) is 7.29. The van der Waals surface area contributed by atoms with E-state index in [4.69, 9.17) is 0 Å². The molecule has 0 atom stereocenters. The van der Waals surface area contributed by atoms with Crippen molar-refractivity contribution in [3.63, 3.8) is 0 Å². The van der Waals surface area contributed by atoms with Crippen molar-refractivity contribution in [1.82, 2.24) is 10.3 Å². The van der Waals surface area contributed by atoms with E-state index in [0.29, 0.717) is 18.7 Å². The Morgan fingerprint density at radius 2 is 1.82 bits per heavy atom. The summed E-state index contributed by atoms with van der Waals surface area (Å²) in [5, 5.41) is 7.90. The maximum atomic E-state index is 13.0. The summed E-state index contributed by atoms with van der Waals surface area (Å²) >= 11 is 1.45. The highest BCUT2D eigenvalue weighted by atomic mass is 32.1. The molecule has 0 aliphatic rings. The highest BCUT2D eigenvalue weighted by Gasteiger charge is 2.14. The van der Waals surface area contributed by atoms with Gasteiger partial charge in [0.05, 0.1) is 5.69 Å². The second-order valence-electron chi connectivity index (χ2n) is 6.43. The fraction of sp³-hybridized carbons (Fsp3) is 0.190. The highest BCUT2D eigenvalue weighted by Crippen LogP contribution is 2.24. The van der Waals surface area contributed by atoms with Gasteiger partial charge in [-0.05, 0) is 49.7 Å². The fourth-order valence-corrected chi connectivity index (χ4v) is 3.52. The fourth-order valence-electron chi connectivity index (χ4n) is 2.66. The molecule has 0 unspecified atom stereocenters. The maximum absolute atomic E-state index is 13.0. The third kappa shape index (κ3) is 5.01. The first-order chi connectivity index (χ1) is 13.4. The molecule has 0 bridgehead atoms. The predicted octanol–water partition coefficient (Wildman–Crippen LogP) is 3.86. The Labute approximate surface area is 166 Å². The van der Waals surface area contributed by atoms with Crippen LogP contribution in [-0.2, 0) is 16.0 Å². The van der Waals surface area contributed by atoms with Crippen LogP contribution in [0.2, 0.25) is 0 Å². The van der Waals surface area contributed by atoms with E-state index in [0.717, 1.165) is 27.4 Å². The van der Waals surface area contributed by atoms with E-state index in [1.807, 2.05) is 31.4 Å². The number of aryl methyl sites for hydroxylation is 2. The van der Waals surface area contributed by atoms with Crippen LogP contribution in [-0.4, -0.2) is 23.3 Å². The van der Waals surface area contributed by atoms with Gasteiger partial charge in [0, 0.05) is 29.6 Å². The van der Waals surface area contributed by atoms with Gasteiger partial charge in [-0.25, -0.2) is 9.37 Å². The number of rotatable bonds is 5. The minimum Gasteiger partial charge on any atom is -0.347 e. The monoisotopic (exact) mass is 397 g/mol. The Morgan fingerprint density at radius 1 is 1.07 bits per heavy atom. The standard InChI is InChI=1S/C21H20FN3O2S/c1-13-3-8-18(14(2)11-13)25-20(27)19(26)23-10-9-17-12-28-21(24-17)15-4-6-16(22)7-5-15/h3-8,11-12H,9-10H2,1-2H3,(H,23,26)(H,25,27). The number of hydrogen-bond donors (Lipinski definition) is 2. The number of carbonyl (C=O) groups excluding carboxylic acids is 2. The van der Waals surface area contributed by atoms with E-state index in [1.54, 1.807) is 18.2 Å². The van der Waals surface area contributed by atoms with Crippen LogP contribution < -0.4 is 10.6 Å². The molecule has 2 N–H and O–H groups in total. The van der Waals surface area contributed by atoms with Crippen molar-refractivity contribution in [3.05, 3.63) is 70.5 Å². The molecule has 144 valence electrons. The SMILES string of the molecule is Cc1ccc(NC(=O)C(=O)NCCc2csc(-c3ccc(F)cc3)n2)c(C)c1. The van der Waals surface area contributed by atoms with E-state index >= 15 is 0 Å². The van der Waals surface area contributed by atoms with Gasteiger partial charge in [0.2, 0.25) is 0 Å². The summed E-state index contributed by atoms with van der Waals surface area (Å²) in [6.45, 7) is 4.14. The average molecular weight is 397 g/mol. The second kappa shape index (κ2) is 8.75. The van der Waals surface area contributed by atoms with Gasteiger partial charge in [0.15, 0.2) is 0 Å². The van der Waals surface area contributed by atoms with E-state index in [2.05, 4.69) is 15.6 Å². The van der Waals surface area contributed by atoms with Crippen LogP contribution in [0.3, 0.4) is 0 Å². The molecule has 5 nitrogen and oxygen atoms in total. The average Bonchev–Trinajstić information content (AvgIpc) is 3.13. The van der Waals surface area contributed by atoms with Gasteiger partial charge >= 0.3 is 11.8 Å². The largest absolute Gasteiger partial charge is 0.347 e. The lowest BCUT2D eigenvalue weighted by Crippen LogP contribution is -2.36. The van der Waals surface area contributed by atoms with Crippen LogP contribution >= 0.6 is 11.3 Å². The van der Waals surface area contributed by atoms with Crippen molar-refractivity contribution in [2.75, 3.05) is 11.9 Å². The zero-order valence-electron chi connectivity index (χ0n) is 15.6. The Morgan fingerprint density at radius 3 is 2.54 bits per heavy atom. The molecule has 1 heterocycles. The smallest absolute Gasteiger partial charge is 0.313 e. The van der Waals surface area contributed by atoms with Crippen molar-refractivity contribution >= 4 is 28.8 Å². The number of nitrogens with one attached hydrogen (secondary N) is 2. The van der Waals surface area contributed by atoms with Gasteiger partial charge in [-0.1, -0.05) is 17.7 Å². The minimum absolute atomic E-state index is 0.289. The number of amides is 2. The summed E-state index contributed by atoms with van der Waals surface area (Å²) in [5.41, 5.74) is 4.25. The summed E-state index contributed by atoms with van der Waals surface area (Å²) in [7, 11) is 0. The summed E-state index contributed by atoms with van der Waals surface area (Å²) in [6.07, 6.45) is 0.500. The molecule has 0 saturated carbocycles. The lowest BCUT2D eigenvalue weighted by molar-refractivity contribution is -0.136. The molecule has 7 heteroatoms. The van der Waals surface area contributed by atoms with Gasteiger partial charge in [-0.15, -0.1) is 11.3 Å². The first-order valence-electron chi connectivity index (χ1n) is 8.79. The van der Waals surface area contributed by atoms with Gasteiger partial charge in [-0.3, -0.25) is 9.59 Å². The van der Waals surface area contributed by atoms with E-state index in [9.17, 15) is 14.0 Å². The molecule has 0 fully saturated rings. The Kier molecular flexibility index (Phi) is 6.16. The van der Waals surface area contributed by atoms with Crippen LogP contribution in [0, 0.1) is 19.7 Å². The topological polar surface area (TPSA) is 71.1 Å².